The van der Waals surface area contributed by atoms with E-state index < -0.39 is 0 Å². The van der Waals surface area contributed by atoms with Gasteiger partial charge in [-0.15, -0.1) is 0 Å². The van der Waals surface area contributed by atoms with E-state index in [4.69, 9.17) is 9.47 Å². The van der Waals surface area contributed by atoms with Gasteiger partial charge in [-0.3, -0.25) is 0 Å². The fraction of sp³-hybridized carbons (Fsp3) is 0.625. The molecule has 0 saturated carbocycles. The molecular formula is C16H23NO2. The average Bonchev–Trinajstić information content (AvgIpc) is 2.66. The Bertz CT molecular complexity index is 446. The monoisotopic (exact) mass is 261 g/mol. The Morgan fingerprint density at radius 1 is 1.21 bits per heavy atom. The molecule has 1 aromatic rings. The third-order valence-electron chi connectivity index (χ3n) is 4.23. The van der Waals surface area contributed by atoms with Crippen LogP contribution in [0.5, 0.6) is 11.5 Å². The minimum absolute atomic E-state index is 0.583. The molecule has 2 aliphatic rings. The van der Waals surface area contributed by atoms with Gasteiger partial charge in [-0.05, 0) is 37.5 Å². The summed E-state index contributed by atoms with van der Waals surface area (Å²) in [6.45, 7) is 6.04. The van der Waals surface area contributed by atoms with E-state index in [-0.39, 0.29) is 0 Å². The molecule has 2 heterocycles. The highest BCUT2D eigenvalue weighted by Crippen LogP contribution is 2.38. The van der Waals surface area contributed by atoms with E-state index in [0.29, 0.717) is 18.0 Å². The zero-order valence-electron chi connectivity index (χ0n) is 11.8. The quantitative estimate of drug-likeness (QED) is 0.887. The van der Waals surface area contributed by atoms with Crippen LogP contribution in [0.2, 0.25) is 0 Å². The van der Waals surface area contributed by atoms with Crippen LogP contribution in [0.1, 0.15) is 44.6 Å². The van der Waals surface area contributed by atoms with Gasteiger partial charge in [0.15, 0.2) is 11.5 Å². The molecule has 0 amide bonds. The van der Waals surface area contributed by atoms with Gasteiger partial charge in [0.25, 0.3) is 0 Å². The second-order valence-corrected chi connectivity index (χ2v) is 5.68. The zero-order valence-corrected chi connectivity index (χ0v) is 11.8. The fourth-order valence-electron chi connectivity index (χ4n) is 3.28. The van der Waals surface area contributed by atoms with Crippen LogP contribution >= 0.6 is 0 Å². The highest BCUT2D eigenvalue weighted by atomic mass is 16.5. The first kappa shape index (κ1) is 12.8. The van der Waals surface area contributed by atoms with Crippen molar-refractivity contribution < 1.29 is 9.47 Å². The number of nitrogens with one attached hydrogen (secondary N) is 1. The Morgan fingerprint density at radius 2 is 2.00 bits per heavy atom. The van der Waals surface area contributed by atoms with Crippen molar-refractivity contribution in [1.29, 1.82) is 0 Å². The molecule has 19 heavy (non-hydrogen) atoms. The minimum atomic E-state index is 0.583. The van der Waals surface area contributed by atoms with Gasteiger partial charge in [-0.25, -0.2) is 0 Å². The zero-order chi connectivity index (χ0) is 13.2. The molecule has 0 bridgehead atoms. The highest BCUT2D eigenvalue weighted by molar-refractivity contribution is 5.45. The third-order valence-corrected chi connectivity index (χ3v) is 4.23. The summed E-state index contributed by atoms with van der Waals surface area (Å²) >= 11 is 0. The first-order chi connectivity index (χ1) is 9.28. The van der Waals surface area contributed by atoms with E-state index >= 15 is 0 Å². The van der Waals surface area contributed by atoms with Crippen molar-refractivity contribution in [1.82, 2.24) is 5.32 Å². The van der Waals surface area contributed by atoms with Crippen molar-refractivity contribution in [3.8, 4) is 11.5 Å². The summed E-state index contributed by atoms with van der Waals surface area (Å²) in [4.78, 5) is 0. The molecule has 3 nitrogen and oxygen atoms in total. The molecule has 0 radical (unpaired) electrons. The molecule has 3 heteroatoms. The predicted octanol–water partition coefficient (Wildman–Crippen LogP) is 3.09. The van der Waals surface area contributed by atoms with Crippen molar-refractivity contribution in [3.05, 3.63) is 23.8 Å². The Kier molecular flexibility index (Phi) is 3.65. The summed E-state index contributed by atoms with van der Waals surface area (Å²) < 4.78 is 11.5. The third kappa shape index (κ3) is 2.57. The molecule has 0 aromatic heterocycles. The number of ether oxygens (including phenoxy) is 2. The van der Waals surface area contributed by atoms with Crippen LogP contribution in [-0.4, -0.2) is 25.3 Å². The van der Waals surface area contributed by atoms with Crippen molar-refractivity contribution in [2.24, 2.45) is 0 Å². The smallest absolute Gasteiger partial charge is 0.161 e. The van der Waals surface area contributed by atoms with E-state index in [1.165, 1.54) is 18.4 Å². The van der Waals surface area contributed by atoms with Gasteiger partial charge in [0.2, 0.25) is 0 Å². The van der Waals surface area contributed by atoms with Gasteiger partial charge >= 0.3 is 0 Å². The summed E-state index contributed by atoms with van der Waals surface area (Å²) in [7, 11) is 0. The molecule has 3 atom stereocenters. The molecule has 1 aromatic carbocycles. The Balaban J connectivity index is 1.87. The van der Waals surface area contributed by atoms with Crippen LogP contribution in [0.25, 0.3) is 0 Å². The summed E-state index contributed by atoms with van der Waals surface area (Å²) in [5, 5.41) is 3.67. The van der Waals surface area contributed by atoms with Gasteiger partial charge in [-0.1, -0.05) is 13.0 Å². The van der Waals surface area contributed by atoms with Crippen LogP contribution < -0.4 is 14.8 Å². The number of benzene rings is 1. The van der Waals surface area contributed by atoms with Crippen molar-refractivity contribution in [3.63, 3.8) is 0 Å². The number of fused-ring (bicyclic) bond motifs is 1. The molecule has 1 saturated heterocycles. The van der Waals surface area contributed by atoms with Crippen molar-refractivity contribution in [2.75, 3.05) is 13.2 Å². The van der Waals surface area contributed by atoms with Gasteiger partial charge in [-0.2, -0.15) is 0 Å². The second-order valence-electron chi connectivity index (χ2n) is 5.68. The molecule has 2 aliphatic heterocycles. The van der Waals surface area contributed by atoms with Gasteiger partial charge in [0.1, 0.15) is 0 Å². The van der Waals surface area contributed by atoms with E-state index in [0.717, 1.165) is 31.1 Å². The Morgan fingerprint density at radius 3 is 2.79 bits per heavy atom. The van der Waals surface area contributed by atoms with Crippen LogP contribution in [-0.2, 0) is 0 Å². The standard InChI is InChI=1S/C16H23NO2/c1-3-14-13(9-11(2)17-14)12-5-6-15-16(10-12)19-8-4-7-18-15/h5-6,10-11,13-14,17H,3-4,7-9H2,1-2H3. The lowest BCUT2D eigenvalue weighted by Crippen LogP contribution is -2.28. The van der Waals surface area contributed by atoms with Crippen LogP contribution in [0.15, 0.2) is 18.2 Å². The fourth-order valence-corrected chi connectivity index (χ4v) is 3.28. The van der Waals surface area contributed by atoms with Gasteiger partial charge < -0.3 is 14.8 Å². The Labute approximate surface area is 115 Å². The maximum atomic E-state index is 5.80. The van der Waals surface area contributed by atoms with E-state index in [2.05, 4.69) is 37.4 Å². The maximum Gasteiger partial charge on any atom is 0.161 e. The molecule has 1 N–H and O–H groups in total. The summed E-state index contributed by atoms with van der Waals surface area (Å²) in [6, 6.07) is 7.66. The molecular weight excluding hydrogens is 238 g/mol. The first-order valence-corrected chi connectivity index (χ1v) is 7.43. The Hall–Kier alpha value is -1.22. The lowest BCUT2D eigenvalue weighted by atomic mass is 9.89. The van der Waals surface area contributed by atoms with Crippen LogP contribution in [0, 0.1) is 0 Å². The minimum Gasteiger partial charge on any atom is -0.490 e. The van der Waals surface area contributed by atoms with E-state index in [1.807, 2.05) is 0 Å². The number of rotatable bonds is 2. The lowest BCUT2D eigenvalue weighted by Gasteiger charge is -2.19. The summed E-state index contributed by atoms with van der Waals surface area (Å²) in [5.41, 5.74) is 1.38. The SMILES string of the molecule is CCC1NC(C)CC1c1ccc2c(c1)OCCCO2. The largest absolute Gasteiger partial charge is 0.490 e. The maximum absolute atomic E-state index is 5.80. The normalized spacial score (nSPS) is 30.1. The first-order valence-electron chi connectivity index (χ1n) is 7.43. The molecule has 3 unspecified atom stereocenters. The summed E-state index contributed by atoms with van der Waals surface area (Å²) in [5.74, 6) is 2.41. The van der Waals surface area contributed by atoms with Crippen LogP contribution in [0.3, 0.4) is 0 Å². The topological polar surface area (TPSA) is 30.5 Å². The van der Waals surface area contributed by atoms with Crippen molar-refractivity contribution in [2.45, 2.75) is 51.1 Å². The molecule has 0 spiro atoms. The van der Waals surface area contributed by atoms with Crippen molar-refractivity contribution >= 4 is 0 Å². The molecule has 104 valence electrons. The van der Waals surface area contributed by atoms with Gasteiger partial charge in [0.05, 0.1) is 13.2 Å². The predicted molar refractivity (Wildman–Crippen MR) is 76.1 cm³/mol. The number of hydrogen-bond acceptors (Lipinski definition) is 3. The van der Waals surface area contributed by atoms with E-state index in [1.54, 1.807) is 0 Å². The molecule has 3 rings (SSSR count). The van der Waals surface area contributed by atoms with E-state index in [9.17, 15) is 0 Å². The average molecular weight is 261 g/mol. The molecule has 0 aliphatic carbocycles. The van der Waals surface area contributed by atoms with Crippen LogP contribution in [0.4, 0.5) is 0 Å². The summed E-state index contributed by atoms with van der Waals surface area (Å²) in [6.07, 6.45) is 3.34. The van der Waals surface area contributed by atoms with Gasteiger partial charge in [0, 0.05) is 24.4 Å². The highest BCUT2D eigenvalue weighted by Gasteiger charge is 2.31. The second kappa shape index (κ2) is 5.41. The molecule has 1 fully saturated rings. The lowest BCUT2D eigenvalue weighted by molar-refractivity contribution is 0.297. The number of hydrogen-bond donors (Lipinski definition) is 1.